The van der Waals surface area contributed by atoms with Crippen molar-refractivity contribution in [1.82, 2.24) is 9.38 Å². The van der Waals surface area contributed by atoms with Crippen LogP contribution in [0, 0.1) is 6.92 Å². The summed E-state index contributed by atoms with van der Waals surface area (Å²) >= 11 is 0. The first-order valence-corrected chi connectivity index (χ1v) is 6.90. The van der Waals surface area contributed by atoms with E-state index in [9.17, 15) is 13.2 Å². The SMILES string of the molecule is CS(=O)(=O)O.Cc1cn2cc(C(N)=O)cc(N)c2n1. The Morgan fingerprint density at radius 2 is 1.95 bits per heavy atom. The second-order valence-electron chi connectivity index (χ2n) is 3.89. The van der Waals surface area contributed by atoms with Crippen LogP contribution >= 0.6 is 0 Å². The van der Waals surface area contributed by atoms with Crippen molar-refractivity contribution in [3.63, 3.8) is 0 Å². The topological polar surface area (TPSA) is 141 Å². The molecule has 2 rings (SSSR count). The third-order valence-electron chi connectivity index (χ3n) is 1.98. The molecule has 19 heavy (non-hydrogen) atoms. The molecule has 2 heterocycles. The summed E-state index contributed by atoms with van der Waals surface area (Å²) in [7, 11) is -3.67. The maximum absolute atomic E-state index is 10.9. The molecule has 0 aliphatic heterocycles. The van der Waals surface area contributed by atoms with Crippen LogP contribution in [0.5, 0.6) is 0 Å². The minimum absolute atomic E-state index is 0.382. The quantitative estimate of drug-likeness (QED) is 0.621. The van der Waals surface area contributed by atoms with E-state index in [1.165, 1.54) is 6.07 Å². The number of aryl methyl sites for hydroxylation is 1. The standard InChI is InChI=1S/C9H10N4O.CH4O3S/c1-5-3-13-4-6(8(11)14)2-7(10)9(13)12-5;1-5(2,3)4/h2-4H,10H2,1H3,(H2,11,14);1H3,(H,2,3,4). The van der Waals surface area contributed by atoms with Crippen molar-refractivity contribution in [3.05, 3.63) is 29.7 Å². The van der Waals surface area contributed by atoms with Gasteiger partial charge in [-0.15, -0.1) is 0 Å². The molecule has 0 spiro atoms. The zero-order valence-corrected chi connectivity index (χ0v) is 11.2. The molecule has 104 valence electrons. The van der Waals surface area contributed by atoms with Crippen LogP contribution < -0.4 is 11.5 Å². The summed E-state index contributed by atoms with van der Waals surface area (Å²) in [5, 5.41) is 0. The first kappa shape index (κ1) is 14.9. The summed E-state index contributed by atoms with van der Waals surface area (Å²) in [5.74, 6) is -0.495. The van der Waals surface area contributed by atoms with E-state index in [4.69, 9.17) is 16.0 Å². The number of amides is 1. The zero-order chi connectivity index (χ0) is 14.8. The average molecular weight is 286 g/mol. The normalized spacial score (nSPS) is 10.9. The third kappa shape index (κ3) is 4.56. The molecule has 1 amide bonds. The number of hydrogen-bond acceptors (Lipinski definition) is 5. The predicted octanol–water partition coefficient (Wildman–Crippen LogP) is -0.172. The summed E-state index contributed by atoms with van der Waals surface area (Å²) < 4.78 is 27.6. The number of primary amides is 1. The molecule has 9 heteroatoms. The molecule has 0 atom stereocenters. The monoisotopic (exact) mass is 286 g/mol. The average Bonchev–Trinajstić information content (AvgIpc) is 2.56. The Morgan fingerprint density at radius 3 is 2.42 bits per heavy atom. The van der Waals surface area contributed by atoms with Gasteiger partial charge in [0, 0.05) is 12.4 Å². The first-order valence-electron chi connectivity index (χ1n) is 5.05. The van der Waals surface area contributed by atoms with Gasteiger partial charge in [0.1, 0.15) is 0 Å². The minimum Gasteiger partial charge on any atom is -0.396 e. The molecule has 0 fully saturated rings. The molecule has 0 saturated carbocycles. The van der Waals surface area contributed by atoms with Gasteiger partial charge in [-0.3, -0.25) is 9.35 Å². The van der Waals surface area contributed by atoms with Crippen LogP contribution in [-0.4, -0.2) is 34.5 Å². The van der Waals surface area contributed by atoms with Crippen molar-refractivity contribution in [2.45, 2.75) is 6.92 Å². The number of carbonyl (C=O) groups is 1. The van der Waals surface area contributed by atoms with E-state index in [1.54, 1.807) is 16.8 Å². The van der Waals surface area contributed by atoms with Gasteiger partial charge < -0.3 is 15.9 Å². The van der Waals surface area contributed by atoms with Gasteiger partial charge in [-0.25, -0.2) is 4.98 Å². The second-order valence-corrected chi connectivity index (χ2v) is 5.36. The van der Waals surface area contributed by atoms with Gasteiger partial charge in [0.25, 0.3) is 10.1 Å². The van der Waals surface area contributed by atoms with Gasteiger partial charge in [-0.2, -0.15) is 8.42 Å². The molecule has 0 saturated heterocycles. The molecule has 0 bridgehead atoms. The third-order valence-corrected chi connectivity index (χ3v) is 1.98. The molecule has 2 aromatic rings. The highest BCUT2D eigenvalue weighted by atomic mass is 32.2. The predicted molar refractivity (Wildman–Crippen MR) is 70.3 cm³/mol. The number of rotatable bonds is 1. The van der Waals surface area contributed by atoms with Crippen LogP contribution in [0.3, 0.4) is 0 Å². The molecule has 0 aliphatic rings. The number of hydrogen-bond donors (Lipinski definition) is 3. The lowest BCUT2D eigenvalue weighted by molar-refractivity contribution is 0.1000. The van der Waals surface area contributed by atoms with Gasteiger partial charge in [-0.1, -0.05) is 0 Å². The molecule has 2 aromatic heterocycles. The smallest absolute Gasteiger partial charge is 0.261 e. The lowest BCUT2D eigenvalue weighted by atomic mass is 10.2. The summed E-state index contributed by atoms with van der Waals surface area (Å²) in [4.78, 5) is 15.1. The van der Waals surface area contributed by atoms with Crippen LogP contribution in [-0.2, 0) is 10.1 Å². The van der Waals surface area contributed by atoms with E-state index in [0.717, 1.165) is 5.69 Å². The van der Waals surface area contributed by atoms with Crippen molar-refractivity contribution in [1.29, 1.82) is 0 Å². The molecule has 0 aliphatic carbocycles. The van der Waals surface area contributed by atoms with Crippen molar-refractivity contribution < 1.29 is 17.8 Å². The number of imidazole rings is 1. The van der Waals surface area contributed by atoms with E-state index in [0.29, 0.717) is 23.2 Å². The van der Waals surface area contributed by atoms with Gasteiger partial charge in [0.15, 0.2) is 5.65 Å². The number of anilines is 1. The van der Waals surface area contributed by atoms with E-state index in [-0.39, 0.29) is 0 Å². The largest absolute Gasteiger partial charge is 0.396 e. The van der Waals surface area contributed by atoms with Gasteiger partial charge >= 0.3 is 0 Å². The number of pyridine rings is 1. The second kappa shape index (κ2) is 5.24. The van der Waals surface area contributed by atoms with Crippen molar-refractivity contribution in [3.8, 4) is 0 Å². The lowest BCUT2D eigenvalue weighted by Gasteiger charge is -2.00. The number of nitrogens with two attached hydrogens (primary N) is 2. The van der Waals surface area contributed by atoms with E-state index < -0.39 is 16.0 Å². The summed E-state index contributed by atoms with van der Waals surface area (Å²) in [5.41, 5.74) is 13.2. The van der Waals surface area contributed by atoms with E-state index >= 15 is 0 Å². The highest BCUT2D eigenvalue weighted by Crippen LogP contribution is 2.15. The van der Waals surface area contributed by atoms with Crippen LogP contribution in [0.25, 0.3) is 5.65 Å². The lowest BCUT2D eigenvalue weighted by Crippen LogP contribution is -2.12. The number of aromatic nitrogens is 2. The number of nitrogen functional groups attached to an aromatic ring is 1. The Balaban J connectivity index is 0.000000312. The van der Waals surface area contributed by atoms with Gasteiger partial charge in [-0.05, 0) is 13.0 Å². The fourth-order valence-electron chi connectivity index (χ4n) is 1.38. The Kier molecular flexibility index (Phi) is 4.12. The number of nitrogens with zero attached hydrogens (tertiary/aromatic N) is 2. The maximum Gasteiger partial charge on any atom is 0.261 e. The number of carbonyl (C=O) groups excluding carboxylic acids is 1. The van der Waals surface area contributed by atoms with Gasteiger partial charge in [0.05, 0.1) is 23.2 Å². The molecule has 5 N–H and O–H groups in total. The highest BCUT2D eigenvalue weighted by molar-refractivity contribution is 7.85. The van der Waals surface area contributed by atoms with E-state index in [2.05, 4.69) is 4.98 Å². The summed E-state index contributed by atoms with van der Waals surface area (Å²) in [6.07, 6.45) is 4.12. The van der Waals surface area contributed by atoms with Crippen LogP contribution in [0.1, 0.15) is 16.1 Å². The minimum atomic E-state index is -3.67. The Morgan fingerprint density at radius 1 is 1.42 bits per heavy atom. The molecule has 0 aromatic carbocycles. The molecule has 8 nitrogen and oxygen atoms in total. The molecule has 0 unspecified atom stereocenters. The Bertz CT molecular complexity index is 712. The number of fused-ring (bicyclic) bond motifs is 1. The van der Waals surface area contributed by atoms with Gasteiger partial charge in [0.2, 0.25) is 5.91 Å². The summed E-state index contributed by atoms with van der Waals surface area (Å²) in [6, 6.07) is 1.53. The molecule has 0 radical (unpaired) electrons. The fraction of sp³-hybridized carbons (Fsp3) is 0.200. The van der Waals surface area contributed by atoms with Crippen molar-refractivity contribution in [2.24, 2.45) is 5.73 Å². The molecular formula is C10H14N4O4S. The van der Waals surface area contributed by atoms with E-state index in [1.807, 2.05) is 6.92 Å². The summed E-state index contributed by atoms with van der Waals surface area (Å²) in [6.45, 7) is 1.86. The maximum atomic E-state index is 10.9. The van der Waals surface area contributed by atoms with Crippen molar-refractivity contribution in [2.75, 3.05) is 12.0 Å². The Hall–Kier alpha value is -2.13. The van der Waals surface area contributed by atoms with Crippen molar-refractivity contribution >= 4 is 27.4 Å². The van der Waals surface area contributed by atoms with Crippen LogP contribution in [0.15, 0.2) is 18.5 Å². The molecular weight excluding hydrogens is 272 g/mol. The van der Waals surface area contributed by atoms with Crippen LogP contribution in [0.4, 0.5) is 5.69 Å². The fourth-order valence-corrected chi connectivity index (χ4v) is 1.38. The zero-order valence-electron chi connectivity index (χ0n) is 10.4. The highest BCUT2D eigenvalue weighted by Gasteiger charge is 2.07. The Labute approximate surface area is 109 Å². The van der Waals surface area contributed by atoms with Crippen LogP contribution in [0.2, 0.25) is 0 Å². The first-order chi connectivity index (χ1) is 8.58.